The molecule has 0 saturated carbocycles. The number of carbonyl (C=O) groups is 1. The molecule has 0 aliphatic heterocycles. The monoisotopic (exact) mass is 349 g/mol. The lowest BCUT2D eigenvalue weighted by Gasteiger charge is -2.09. The Balaban J connectivity index is 1.56. The third-order valence-corrected chi connectivity index (χ3v) is 4.71. The van der Waals surface area contributed by atoms with Crippen molar-refractivity contribution in [3.8, 4) is 0 Å². The first kappa shape index (κ1) is 15.6. The standard InChI is InChI=1S/C18H15N5OS/c1-12(17(24)20-13-7-3-2-4-8-13)25-18-21-16-14-9-5-6-10-15(14)19-11-23(16)22-18/h2-12H,1H3,(H,20,24)/t12-/m0/s1. The van der Waals surface area contributed by atoms with Crippen LogP contribution < -0.4 is 5.32 Å². The van der Waals surface area contributed by atoms with Crippen LogP contribution >= 0.6 is 11.8 Å². The van der Waals surface area contributed by atoms with Crippen molar-refractivity contribution in [1.29, 1.82) is 0 Å². The van der Waals surface area contributed by atoms with Crippen LogP contribution in [0.15, 0.2) is 66.1 Å². The average Bonchev–Trinajstić information content (AvgIpc) is 3.05. The molecule has 0 aliphatic carbocycles. The van der Waals surface area contributed by atoms with Gasteiger partial charge in [-0.1, -0.05) is 42.1 Å². The molecule has 6 nitrogen and oxygen atoms in total. The second kappa shape index (κ2) is 6.52. The number of nitrogens with zero attached hydrogens (tertiary/aromatic N) is 4. The van der Waals surface area contributed by atoms with Gasteiger partial charge in [-0.25, -0.2) is 14.5 Å². The molecule has 0 bridgehead atoms. The van der Waals surface area contributed by atoms with E-state index in [1.807, 2.05) is 61.5 Å². The summed E-state index contributed by atoms with van der Waals surface area (Å²) < 4.78 is 1.65. The smallest absolute Gasteiger partial charge is 0.237 e. The molecule has 7 heteroatoms. The van der Waals surface area contributed by atoms with E-state index >= 15 is 0 Å². The molecule has 2 heterocycles. The first-order chi connectivity index (χ1) is 12.2. The molecule has 4 rings (SSSR count). The highest BCUT2D eigenvalue weighted by Crippen LogP contribution is 2.24. The van der Waals surface area contributed by atoms with E-state index in [-0.39, 0.29) is 11.2 Å². The van der Waals surface area contributed by atoms with Gasteiger partial charge in [-0.3, -0.25) is 4.79 Å². The van der Waals surface area contributed by atoms with Crippen LogP contribution in [0.5, 0.6) is 0 Å². The van der Waals surface area contributed by atoms with E-state index < -0.39 is 0 Å². The Morgan fingerprint density at radius 1 is 1.12 bits per heavy atom. The lowest BCUT2D eigenvalue weighted by Crippen LogP contribution is -2.22. The van der Waals surface area contributed by atoms with Crippen LogP contribution in [0.25, 0.3) is 16.6 Å². The van der Waals surface area contributed by atoms with E-state index in [9.17, 15) is 4.79 Å². The van der Waals surface area contributed by atoms with Gasteiger partial charge < -0.3 is 5.32 Å². The molecule has 0 radical (unpaired) electrons. The zero-order valence-electron chi connectivity index (χ0n) is 13.5. The number of benzene rings is 2. The number of amides is 1. The number of rotatable bonds is 4. The molecule has 2 aromatic carbocycles. The molecule has 0 saturated heterocycles. The molecular weight excluding hydrogens is 334 g/mol. The fourth-order valence-corrected chi connectivity index (χ4v) is 3.24. The summed E-state index contributed by atoms with van der Waals surface area (Å²) in [6, 6.07) is 17.2. The SMILES string of the molecule is C[C@H](Sc1nc2c3ccccc3ncn2n1)C(=O)Nc1ccccc1. The second-order valence-electron chi connectivity index (χ2n) is 5.54. The van der Waals surface area contributed by atoms with Crippen LogP contribution in [0.2, 0.25) is 0 Å². The molecule has 0 spiro atoms. The van der Waals surface area contributed by atoms with Gasteiger partial charge in [-0.2, -0.15) is 0 Å². The lowest BCUT2D eigenvalue weighted by molar-refractivity contribution is -0.115. The van der Waals surface area contributed by atoms with E-state index in [0.717, 1.165) is 22.2 Å². The summed E-state index contributed by atoms with van der Waals surface area (Å²) in [5.41, 5.74) is 2.38. The van der Waals surface area contributed by atoms with Gasteiger partial charge >= 0.3 is 0 Å². The number of para-hydroxylation sites is 2. The van der Waals surface area contributed by atoms with Crippen molar-refractivity contribution in [3.63, 3.8) is 0 Å². The van der Waals surface area contributed by atoms with E-state index in [1.54, 1.807) is 10.8 Å². The Labute approximate surface area is 148 Å². The molecule has 124 valence electrons. The van der Waals surface area contributed by atoms with Gasteiger partial charge in [0.25, 0.3) is 0 Å². The highest BCUT2D eigenvalue weighted by molar-refractivity contribution is 8.00. The normalized spacial score (nSPS) is 12.4. The summed E-state index contributed by atoms with van der Waals surface area (Å²) in [6.07, 6.45) is 1.64. The maximum Gasteiger partial charge on any atom is 0.237 e. The quantitative estimate of drug-likeness (QED) is 0.572. The van der Waals surface area contributed by atoms with E-state index in [2.05, 4.69) is 20.4 Å². The molecule has 25 heavy (non-hydrogen) atoms. The summed E-state index contributed by atoms with van der Waals surface area (Å²) >= 11 is 1.32. The maximum absolute atomic E-state index is 12.3. The fourth-order valence-electron chi connectivity index (χ4n) is 2.49. The highest BCUT2D eigenvalue weighted by atomic mass is 32.2. The number of carbonyl (C=O) groups excluding carboxylic acids is 1. The van der Waals surface area contributed by atoms with E-state index in [1.165, 1.54) is 11.8 Å². The van der Waals surface area contributed by atoms with Crippen LogP contribution in [-0.4, -0.2) is 30.7 Å². The van der Waals surface area contributed by atoms with Crippen molar-refractivity contribution in [2.45, 2.75) is 17.3 Å². The lowest BCUT2D eigenvalue weighted by atomic mass is 10.2. The van der Waals surface area contributed by atoms with Crippen LogP contribution in [0, 0.1) is 0 Å². The number of fused-ring (bicyclic) bond motifs is 3. The predicted octanol–water partition coefficient (Wildman–Crippen LogP) is 3.40. The van der Waals surface area contributed by atoms with Gasteiger partial charge in [0.2, 0.25) is 11.1 Å². The molecule has 4 aromatic rings. The molecule has 0 fully saturated rings. The average molecular weight is 349 g/mol. The Hall–Kier alpha value is -2.93. The summed E-state index contributed by atoms with van der Waals surface area (Å²) in [5, 5.41) is 8.47. The fraction of sp³-hybridized carbons (Fsp3) is 0.111. The van der Waals surface area contributed by atoms with Gasteiger partial charge in [0.15, 0.2) is 5.65 Å². The summed E-state index contributed by atoms with van der Waals surface area (Å²) in [6.45, 7) is 1.84. The van der Waals surface area contributed by atoms with Gasteiger partial charge in [0, 0.05) is 11.1 Å². The third-order valence-electron chi connectivity index (χ3n) is 3.76. The first-order valence-corrected chi connectivity index (χ1v) is 8.71. The van der Waals surface area contributed by atoms with Crippen molar-refractivity contribution in [2.75, 3.05) is 5.32 Å². The Morgan fingerprint density at radius 2 is 1.88 bits per heavy atom. The predicted molar refractivity (Wildman–Crippen MR) is 98.7 cm³/mol. The number of hydrogen-bond donors (Lipinski definition) is 1. The molecule has 2 aromatic heterocycles. The molecule has 1 amide bonds. The molecule has 1 atom stereocenters. The number of nitrogens with one attached hydrogen (secondary N) is 1. The van der Waals surface area contributed by atoms with E-state index in [0.29, 0.717) is 5.16 Å². The largest absolute Gasteiger partial charge is 0.325 e. The number of thioether (sulfide) groups is 1. The number of hydrogen-bond acceptors (Lipinski definition) is 5. The van der Waals surface area contributed by atoms with Crippen LogP contribution in [0.4, 0.5) is 5.69 Å². The van der Waals surface area contributed by atoms with E-state index in [4.69, 9.17) is 0 Å². The van der Waals surface area contributed by atoms with Gasteiger partial charge in [0.1, 0.15) is 6.33 Å². The van der Waals surface area contributed by atoms with Crippen molar-refractivity contribution in [3.05, 3.63) is 60.9 Å². The van der Waals surface area contributed by atoms with Gasteiger partial charge in [-0.15, -0.1) is 5.10 Å². The number of anilines is 1. The minimum absolute atomic E-state index is 0.0851. The van der Waals surface area contributed by atoms with Gasteiger partial charge in [-0.05, 0) is 31.2 Å². The van der Waals surface area contributed by atoms with Gasteiger partial charge in [0.05, 0.1) is 10.8 Å². The topological polar surface area (TPSA) is 72.2 Å². The zero-order chi connectivity index (χ0) is 17.2. The Kier molecular flexibility index (Phi) is 4.07. The highest BCUT2D eigenvalue weighted by Gasteiger charge is 2.18. The molecule has 0 aliphatic rings. The summed E-state index contributed by atoms with van der Waals surface area (Å²) in [4.78, 5) is 21.3. The minimum Gasteiger partial charge on any atom is -0.325 e. The van der Waals surface area contributed by atoms with Crippen LogP contribution in [-0.2, 0) is 4.79 Å². The van der Waals surface area contributed by atoms with Crippen molar-refractivity contribution in [1.82, 2.24) is 19.6 Å². The zero-order valence-corrected chi connectivity index (χ0v) is 14.3. The van der Waals surface area contributed by atoms with Crippen molar-refractivity contribution < 1.29 is 4.79 Å². The molecular formula is C18H15N5OS. The van der Waals surface area contributed by atoms with Crippen LogP contribution in [0.3, 0.4) is 0 Å². The Bertz CT molecular complexity index is 1050. The first-order valence-electron chi connectivity index (χ1n) is 7.83. The minimum atomic E-state index is -0.322. The number of aromatic nitrogens is 4. The Morgan fingerprint density at radius 3 is 2.72 bits per heavy atom. The van der Waals surface area contributed by atoms with Crippen LogP contribution in [0.1, 0.15) is 6.92 Å². The second-order valence-corrected chi connectivity index (χ2v) is 6.85. The molecule has 1 N–H and O–H groups in total. The summed E-state index contributed by atoms with van der Waals surface area (Å²) in [5.74, 6) is -0.0851. The third kappa shape index (κ3) is 3.18. The summed E-state index contributed by atoms with van der Waals surface area (Å²) in [7, 11) is 0. The maximum atomic E-state index is 12.3. The van der Waals surface area contributed by atoms with Crippen molar-refractivity contribution >= 4 is 39.9 Å². The molecule has 0 unspecified atom stereocenters. The van der Waals surface area contributed by atoms with Crippen molar-refractivity contribution in [2.24, 2.45) is 0 Å².